The molecule has 2 N–H and O–H groups in total. The third-order valence-corrected chi connectivity index (χ3v) is 4.95. The summed E-state index contributed by atoms with van der Waals surface area (Å²) in [7, 11) is 1.66. The number of benzene rings is 2. The van der Waals surface area contributed by atoms with Gasteiger partial charge < -0.3 is 15.0 Å². The first kappa shape index (κ1) is 19.0. The van der Waals surface area contributed by atoms with Crippen molar-refractivity contribution >= 4 is 16.8 Å². The van der Waals surface area contributed by atoms with E-state index < -0.39 is 0 Å². The number of hydrogen-bond donors (Lipinski definition) is 2. The van der Waals surface area contributed by atoms with Crippen LogP contribution in [0.25, 0.3) is 21.9 Å². The van der Waals surface area contributed by atoms with E-state index in [1.54, 1.807) is 24.2 Å². The molecule has 4 rings (SSSR count). The van der Waals surface area contributed by atoms with Crippen LogP contribution >= 0.6 is 0 Å². The van der Waals surface area contributed by atoms with E-state index in [-0.39, 0.29) is 6.03 Å². The number of rotatable bonds is 7. The molecule has 0 saturated heterocycles. The van der Waals surface area contributed by atoms with Crippen molar-refractivity contribution in [3.63, 3.8) is 0 Å². The largest absolute Gasteiger partial charge is 0.385 e. The number of amides is 1. The number of carbonyl (C=O) groups excluding carboxylic acids is 1. The molecule has 0 aliphatic carbocycles. The molecule has 0 spiro atoms. The predicted octanol–water partition coefficient (Wildman–Crippen LogP) is 4.22. The minimum Gasteiger partial charge on any atom is -0.385 e. The van der Waals surface area contributed by atoms with Gasteiger partial charge in [0.25, 0.3) is 0 Å². The predicted molar refractivity (Wildman–Crippen MR) is 114 cm³/mol. The van der Waals surface area contributed by atoms with Crippen molar-refractivity contribution in [3.05, 3.63) is 78.6 Å². The molecule has 0 saturated carbocycles. The Balaban J connectivity index is 1.69. The van der Waals surface area contributed by atoms with Crippen molar-refractivity contribution in [2.24, 2.45) is 0 Å². The molecule has 0 atom stereocenters. The fourth-order valence-electron chi connectivity index (χ4n) is 3.53. The van der Waals surface area contributed by atoms with Gasteiger partial charge in [-0.2, -0.15) is 0 Å². The lowest BCUT2D eigenvalue weighted by atomic mass is 10.00. The quantitative estimate of drug-likeness (QED) is 0.466. The van der Waals surface area contributed by atoms with E-state index in [9.17, 15) is 4.79 Å². The number of H-pyrrole nitrogens is 1. The fourth-order valence-corrected chi connectivity index (χ4v) is 3.53. The molecule has 0 aliphatic rings. The van der Waals surface area contributed by atoms with Crippen LogP contribution in [-0.4, -0.2) is 40.8 Å². The highest BCUT2D eigenvalue weighted by Gasteiger charge is 2.15. The lowest BCUT2D eigenvalue weighted by Crippen LogP contribution is -2.30. The molecule has 2 aromatic carbocycles. The molecule has 0 fully saturated rings. The summed E-state index contributed by atoms with van der Waals surface area (Å²) >= 11 is 0. The fraction of sp³-hybridized carbons (Fsp3) is 0.217. The second-order valence-electron chi connectivity index (χ2n) is 6.95. The van der Waals surface area contributed by atoms with E-state index in [4.69, 9.17) is 4.74 Å². The smallest absolute Gasteiger partial charge is 0.325 e. The summed E-state index contributed by atoms with van der Waals surface area (Å²) in [6, 6.07) is 16.5. The van der Waals surface area contributed by atoms with Crippen molar-refractivity contribution in [3.8, 4) is 11.1 Å². The first-order valence-electron chi connectivity index (χ1n) is 9.70. The van der Waals surface area contributed by atoms with Gasteiger partial charge in [-0.3, -0.25) is 4.57 Å². The summed E-state index contributed by atoms with van der Waals surface area (Å²) in [4.78, 5) is 20.1. The number of aromatic nitrogens is 3. The topological polar surface area (TPSA) is 71.9 Å². The number of imidazole rings is 1. The average Bonchev–Trinajstić information content (AvgIpc) is 3.41. The standard InChI is InChI=1S/C23H24N4O2/c1-29-11-5-10-25-23(28)27-15-18(12-20(27)13-19-14-24-16-26-19)22-9-4-7-17-6-2-3-8-21(17)22/h2-4,6-9,12,14-16H,5,10-11,13H2,1H3,(H,24,26)(H,25,28). The first-order valence-corrected chi connectivity index (χ1v) is 9.70. The van der Waals surface area contributed by atoms with E-state index in [0.717, 1.165) is 28.9 Å². The van der Waals surface area contributed by atoms with Crippen molar-refractivity contribution in [1.29, 1.82) is 0 Å². The Morgan fingerprint density at radius 3 is 2.90 bits per heavy atom. The molecule has 0 radical (unpaired) electrons. The Kier molecular flexibility index (Phi) is 5.72. The molecular formula is C23H24N4O2. The Bertz CT molecular complexity index is 1090. The first-order chi connectivity index (χ1) is 14.3. The highest BCUT2D eigenvalue weighted by molar-refractivity contribution is 5.97. The lowest BCUT2D eigenvalue weighted by molar-refractivity contribution is 0.193. The maximum absolute atomic E-state index is 12.9. The molecule has 4 aromatic rings. The van der Waals surface area contributed by atoms with Gasteiger partial charge in [0.15, 0.2) is 0 Å². The number of hydrogen-bond acceptors (Lipinski definition) is 3. The van der Waals surface area contributed by atoms with Crippen LogP contribution in [0.4, 0.5) is 4.79 Å². The van der Waals surface area contributed by atoms with Gasteiger partial charge in [0.1, 0.15) is 0 Å². The summed E-state index contributed by atoms with van der Waals surface area (Å²) in [6.07, 6.45) is 6.72. The van der Waals surface area contributed by atoms with Crippen LogP contribution in [0, 0.1) is 0 Å². The van der Waals surface area contributed by atoms with Crippen LogP contribution in [0.3, 0.4) is 0 Å². The summed E-state index contributed by atoms with van der Waals surface area (Å²) in [6.45, 7) is 1.19. The Hall–Kier alpha value is -3.38. The van der Waals surface area contributed by atoms with Gasteiger partial charge in [0, 0.05) is 56.0 Å². The van der Waals surface area contributed by atoms with Crippen LogP contribution in [0.15, 0.2) is 67.3 Å². The molecule has 6 heteroatoms. The van der Waals surface area contributed by atoms with E-state index in [1.165, 1.54) is 10.8 Å². The van der Waals surface area contributed by atoms with Crippen LogP contribution in [0.5, 0.6) is 0 Å². The zero-order valence-corrected chi connectivity index (χ0v) is 16.4. The molecule has 2 aromatic heterocycles. The number of methoxy groups -OCH3 is 1. The Morgan fingerprint density at radius 1 is 1.21 bits per heavy atom. The third-order valence-electron chi connectivity index (χ3n) is 4.95. The van der Waals surface area contributed by atoms with Crippen LogP contribution < -0.4 is 5.32 Å². The minimum atomic E-state index is -0.137. The van der Waals surface area contributed by atoms with Gasteiger partial charge in [0.05, 0.1) is 6.33 Å². The van der Waals surface area contributed by atoms with Crippen molar-refractivity contribution in [2.45, 2.75) is 12.8 Å². The van der Waals surface area contributed by atoms with Gasteiger partial charge in [-0.1, -0.05) is 42.5 Å². The van der Waals surface area contributed by atoms with Gasteiger partial charge in [0.2, 0.25) is 0 Å². The molecule has 1 amide bonds. The molecule has 29 heavy (non-hydrogen) atoms. The number of nitrogens with zero attached hydrogens (tertiary/aromatic N) is 2. The van der Waals surface area contributed by atoms with E-state index in [0.29, 0.717) is 19.6 Å². The highest BCUT2D eigenvalue weighted by Crippen LogP contribution is 2.30. The number of fused-ring (bicyclic) bond motifs is 1. The van der Waals surface area contributed by atoms with Gasteiger partial charge >= 0.3 is 6.03 Å². The SMILES string of the molecule is COCCCNC(=O)n1cc(-c2cccc3ccccc23)cc1Cc1cnc[nH]1. The molecule has 0 unspecified atom stereocenters. The maximum Gasteiger partial charge on any atom is 0.325 e. The van der Waals surface area contributed by atoms with Crippen LogP contribution in [0.1, 0.15) is 17.8 Å². The van der Waals surface area contributed by atoms with E-state index >= 15 is 0 Å². The van der Waals surface area contributed by atoms with Gasteiger partial charge in [-0.25, -0.2) is 9.78 Å². The Morgan fingerprint density at radius 2 is 2.07 bits per heavy atom. The molecule has 0 bridgehead atoms. The van der Waals surface area contributed by atoms with Crippen molar-refractivity contribution in [2.75, 3.05) is 20.3 Å². The minimum absolute atomic E-state index is 0.137. The lowest BCUT2D eigenvalue weighted by Gasteiger charge is -2.09. The maximum atomic E-state index is 12.9. The Labute approximate surface area is 169 Å². The average molecular weight is 388 g/mol. The monoisotopic (exact) mass is 388 g/mol. The van der Waals surface area contributed by atoms with Gasteiger partial charge in [-0.15, -0.1) is 0 Å². The van der Waals surface area contributed by atoms with E-state index in [2.05, 4.69) is 45.6 Å². The van der Waals surface area contributed by atoms with Crippen molar-refractivity contribution in [1.82, 2.24) is 19.9 Å². The molecule has 0 aliphatic heterocycles. The zero-order valence-electron chi connectivity index (χ0n) is 16.4. The third kappa shape index (κ3) is 4.22. The van der Waals surface area contributed by atoms with E-state index in [1.807, 2.05) is 24.4 Å². The number of carbonyl (C=O) groups is 1. The number of aromatic amines is 1. The summed E-state index contributed by atoms with van der Waals surface area (Å²) in [5, 5.41) is 5.32. The molecule has 2 heterocycles. The van der Waals surface area contributed by atoms with Gasteiger partial charge in [-0.05, 0) is 28.8 Å². The summed E-state index contributed by atoms with van der Waals surface area (Å²) < 4.78 is 6.76. The van der Waals surface area contributed by atoms with Crippen LogP contribution in [0.2, 0.25) is 0 Å². The summed E-state index contributed by atoms with van der Waals surface area (Å²) in [5.74, 6) is 0. The van der Waals surface area contributed by atoms with Crippen molar-refractivity contribution < 1.29 is 9.53 Å². The highest BCUT2D eigenvalue weighted by atomic mass is 16.5. The molecular weight excluding hydrogens is 364 g/mol. The second-order valence-corrected chi connectivity index (χ2v) is 6.95. The van der Waals surface area contributed by atoms with Crippen LogP contribution in [-0.2, 0) is 11.2 Å². The zero-order chi connectivity index (χ0) is 20.1. The molecule has 148 valence electrons. The normalized spacial score (nSPS) is 11.1. The molecule has 6 nitrogen and oxygen atoms in total. The number of nitrogens with one attached hydrogen (secondary N) is 2. The summed E-state index contributed by atoms with van der Waals surface area (Å²) in [5.41, 5.74) is 3.99. The number of ether oxygens (including phenoxy) is 1. The second kappa shape index (κ2) is 8.75.